The second-order valence-electron chi connectivity index (χ2n) is 9.61. The van der Waals surface area contributed by atoms with Crippen molar-refractivity contribution in [2.75, 3.05) is 29.9 Å². The molecule has 1 saturated heterocycles. The zero-order chi connectivity index (χ0) is 28.9. The molecule has 0 unspecified atom stereocenters. The summed E-state index contributed by atoms with van der Waals surface area (Å²) in [5, 5.41) is 10.5. The maximum absolute atomic E-state index is 15.0. The minimum absolute atomic E-state index is 0.0830. The Kier molecular flexibility index (Phi) is 9.62. The van der Waals surface area contributed by atoms with Gasteiger partial charge in [-0.1, -0.05) is 6.07 Å². The van der Waals surface area contributed by atoms with Crippen LogP contribution in [0.5, 0.6) is 0 Å². The van der Waals surface area contributed by atoms with Crippen molar-refractivity contribution in [2.24, 2.45) is 5.92 Å². The summed E-state index contributed by atoms with van der Waals surface area (Å²) >= 11 is 0. The molecule has 2 aromatic rings. The van der Waals surface area contributed by atoms with Crippen LogP contribution >= 0.6 is 0 Å². The lowest BCUT2D eigenvalue weighted by molar-refractivity contribution is -0.192. The number of benzene rings is 1. The summed E-state index contributed by atoms with van der Waals surface area (Å²) in [7, 11) is 0. The average Bonchev–Trinajstić information content (AvgIpc) is 2.87. The number of alkyl halides is 4. The molecule has 0 radical (unpaired) electrons. The van der Waals surface area contributed by atoms with Crippen LogP contribution in [0.25, 0.3) is 0 Å². The van der Waals surface area contributed by atoms with Gasteiger partial charge in [0.2, 0.25) is 6.41 Å². The van der Waals surface area contributed by atoms with Crippen molar-refractivity contribution in [1.29, 1.82) is 0 Å². The van der Waals surface area contributed by atoms with Crippen molar-refractivity contribution in [2.45, 2.75) is 58.0 Å². The molecule has 3 heterocycles. The maximum Gasteiger partial charge on any atom is 0.490 e. The first-order chi connectivity index (χ1) is 18.3. The standard InChI is InChI=1S/C23H28F3N5O.C2HF3O2/c1-14(2)27-22-23(29-19-7-8-30(13-32)12-20(19)28-22)31-9-5-15(6-10-31)21(26)17-4-3-16(24)11-18(17)25;3-2(4,5)1(6)7/h3-4,11,13-15,21H,5-10,12H2,1-2H3,(H,27,28);(H,6,7)/t21-;/m0./s1. The van der Waals surface area contributed by atoms with E-state index >= 15 is 4.39 Å². The van der Waals surface area contributed by atoms with Crippen LogP contribution in [0.15, 0.2) is 18.2 Å². The number of aromatic nitrogens is 2. The Hall–Kier alpha value is -3.58. The molecular weight excluding hydrogens is 532 g/mol. The topological polar surface area (TPSA) is 98.7 Å². The SMILES string of the molecule is CC(C)Nc1nc2c(nc1N1CCC([C@H](F)c3ccc(F)cc3F)CC1)CCN(C=O)C2.O=C(O)C(F)(F)F. The van der Waals surface area contributed by atoms with Crippen molar-refractivity contribution in [3.63, 3.8) is 0 Å². The molecule has 1 aromatic heterocycles. The Morgan fingerprint density at radius 3 is 2.31 bits per heavy atom. The number of carbonyl (C=O) groups is 2. The molecule has 14 heteroatoms. The molecule has 2 aliphatic rings. The number of hydrogen-bond acceptors (Lipinski definition) is 6. The van der Waals surface area contributed by atoms with E-state index in [0.29, 0.717) is 51.3 Å². The van der Waals surface area contributed by atoms with Gasteiger partial charge in [0.25, 0.3) is 0 Å². The summed E-state index contributed by atoms with van der Waals surface area (Å²) in [6.45, 7) is 6.20. The van der Waals surface area contributed by atoms with Crippen LogP contribution in [-0.4, -0.2) is 64.2 Å². The Balaban J connectivity index is 0.000000532. The number of rotatable bonds is 6. The molecule has 1 amide bonds. The molecule has 2 N–H and O–H groups in total. The van der Waals surface area contributed by atoms with Crippen LogP contribution in [0.3, 0.4) is 0 Å². The first kappa shape index (κ1) is 30.0. The molecule has 214 valence electrons. The zero-order valence-corrected chi connectivity index (χ0v) is 21.3. The first-order valence-corrected chi connectivity index (χ1v) is 12.3. The third-order valence-corrected chi connectivity index (χ3v) is 6.35. The molecule has 4 rings (SSSR count). The third-order valence-electron chi connectivity index (χ3n) is 6.35. The first-order valence-electron chi connectivity index (χ1n) is 12.3. The second kappa shape index (κ2) is 12.5. The second-order valence-corrected chi connectivity index (χ2v) is 9.61. The molecule has 1 atom stereocenters. The van der Waals surface area contributed by atoms with E-state index in [4.69, 9.17) is 19.9 Å². The molecule has 2 aliphatic heterocycles. The number of nitrogens with zero attached hydrogens (tertiary/aromatic N) is 4. The van der Waals surface area contributed by atoms with Gasteiger partial charge in [-0.25, -0.2) is 27.9 Å². The number of aliphatic carboxylic acids is 1. The van der Waals surface area contributed by atoms with Gasteiger partial charge >= 0.3 is 12.1 Å². The van der Waals surface area contributed by atoms with Crippen molar-refractivity contribution >= 4 is 24.0 Å². The van der Waals surface area contributed by atoms with Gasteiger partial charge in [0.1, 0.15) is 17.8 Å². The maximum atomic E-state index is 15.0. The van der Waals surface area contributed by atoms with E-state index in [1.54, 1.807) is 4.90 Å². The van der Waals surface area contributed by atoms with Crippen molar-refractivity contribution in [3.05, 3.63) is 46.8 Å². The minimum Gasteiger partial charge on any atom is -0.475 e. The summed E-state index contributed by atoms with van der Waals surface area (Å²) in [4.78, 5) is 33.5. The fraction of sp³-hybridized carbons (Fsp3) is 0.520. The number of hydrogen-bond donors (Lipinski definition) is 2. The molecule has 0 aliphatic carbocycles. The number of carboxylic acid groups (broad SMARTS) is 1. The number of carbonyl (C=O) groups excluding carboxylic acids is 1. The van der Waals surface area contributed by atoms with Crippen LogP contribution < -0.4 is 10.2 Å². The monoisotopic (exact) mass is 561 g/mol. The lowest BCUT2D eigenvalue weighted by Crippen LogP contribution is -2.38. The van der Waals surface area contributed by atoms with E-state index < -0.39 is 30.0 Å². The van der Waals surface area contributed by atoms with Gasteiger partial charge in [0.15, 0.2) is 11.6 Å². The van der Waals surface area contributed by atoms with Crippen LogP contribution in [0.1, 0.15) is 49.8 Å². The molecule has 8 nitrogen and oxygen atoms in total. The highest BCUT2D eigenvalue weighted by Crippen LogP contribution is 2.37. The van der Waals surface area contributed by atoms with Crippen LogP contribution in [0.4, 0.5) is 38.0 Å². The number of carboxylic acids is 1. The van der Waals surface area contributed by atoms with Gasteiger partial charge in [-0.3, -0.25) is 4.79 Å². The quantitative estimate of drug-likeness (QED) is 0.392. The molecule has 1 fully saturated rings. The third kappa shape index (κ3) is 7.73. The summed E-state index contributed by atoms with van der Waals surface area (Å²) in [5.74, 6) is -3.26. The van der Waals surface area contributed by atoms with E-state index in [-0.39, 0.29) is 17.5 Å². The lowest BCUT2D eigenvalue weighted by atomic mass is 9.88. The Morgan fingerprint density at radius 1 is 1.13 bits per heavy atom. The van der Waals surface area contributed by atoms with Crippen LogP contribution in [0.2, 0.25) is 0 Å². The smallest absolute Gasteiger partial charge is 0.475 e. The molecule has 1 aromatic carbocycles. The highest BCUT2D eigenvalue weighted by atomic mass is 19.4. The molecular formula is C25H29F6N5O3. The van der Waals surface area contributed by atoms with E-state index in [2.05, 4.69) is 10.2 Å². The van der Waals surface area contributed by atoms with Crippen molar-refractivity contribution < 1.29 is 41.0 Å². The lowest BCUT2D eigenvalue weighted by Gasteiger charge is -2.36. The number of fused-ring (bicyclic) bond motifs is 1. The summed E-state index contributed by atoms with van der Waals surface area (Å²) in [6, 6.07) is 3.17. The number of anilines is 2. The number of piperidine rings is 1. The number of nitrogens with one attached hydrogen (secondary N) is 1. The van der Waals surface area contributed by atoms with Gasteiger partial charge in [0, 0.05) is 43.7 Å². The fourth-order valence-corrected chi connectivity index (χ4v) is 4.41. The summed E-state index contributed by atoms with van der Waals surface area (Å²) < 4.78 is 74.0. The van der Waals surface area contributed by atoms with Gasteiger partial charge in [-0.15, -0.1) is 0 Å². The molecule has 0 saturated carbocycles. The Bertz CT molecular complexity index is 1170. The van der Waals surface area contributed by atoms with Gasteiger partial charge in [0.05, 0.1) is 17.9 Å². The van der Waals surface area contributed by atoms with Gasteiger partial charge in [-0.05, 0) is 38.7 Å². The van der Waals surface area contributed by atoms with Crippen molar-refractivity contribution in [3.8, 4) is 0 Å². The van der Waals surface area contributed by atoms with Crippen molar-refractivity contribution in [1.82, 2.24) is 14.9 Å². The predicted octanol–water partition coefficient (Wildman–Crippen LogP) is 4.65. The highest BCUT2D eigenvalue weighted by molar-refractivity contribution is 5.73. The molecule has 39 heavy (non-hydrogen) atoms. The molecule has 0 spiro atoms. The van der Waals surface area contributed by atoms with Crippen LogP contribution in [-0.2, 0) is 22.6 Å². The Morgan fingerprint density at radius 2 is 1.77 bits per heavy atom. The van der Waals surface area contributed by atoms with Gasteiger partial charge in [-0.2, -0.15) is 13.2 Å². The minimum atomic E-state index is -5.08. The molecule has 0 bridgehead atoms. The van der Waals surface area contributed by atoms with E-state index in [9.17, 15) is 26.7 Å². The van der Waals surface area contributed by atoms with Crippen LogP contribution in [0, 0.1) is 17.6 Å². The highest BCUT2D eigenvalue weighted by Gasteiger charge is 2.38. The van der Waals surface area contributed by atoms with Gasteiger partial charge < -0.3 is 20.2 Å². The van der Waals surface area contributed by atoms with E-state index in [1.807, 2.05) is 13.8 Å². The Labute approximate surface area is 221 Å². The summed E-state index contributed by atoms with van der Waals surface area (Å²) in [5.41, 5.74) is 1.59. The number of amides is 1. The van der Waals surface area contributed by atoms with E-state index in [1.165, 1.54) is 6.07 Å². The van der Waals surface area contributed by atoms with E-state index in [0.717, 1.165) is 35.7 Å². The number of halogens is 6. The predicted molar refractivity (Wildman–Crippen MR) is 130 cm³/mol. The average molecular weight is 562 g/mol. The zero-order valence-electron chi connectivity index (χ0n) is 21.3. The summed E-state index contributed by atoms with van der Waals surface area (Å²) in [6.07, 6.45) is -4.04. The fourth-order valence-electron chi connectivity index (χ4n) is 4.41. The normalized spacial score (nSPS) is 16.7. The largest absolute Gasteiger partial charge is 0.490 e.